The van der Waals surface area contributed by atoms with Gasteiger partial charge in [0.15, 0.2) is 0 Å². The predicted octanol–water partition coefficient (Wildman–Crippen LogP) is 3.11. The highest BCUT2D eigenvalue weighted by molar-refractivity contribution is 7.09. The summed E-state index contributed by atoms with van der Waals surface area (Å²) in [5.41, 5.74) is 1.21. The summed E-state index contributed by atoms with van der Waals surface area (Å²) in [6.07, 6.45) is 1.73. The molecule has 1 unspecified atom stereocenters. The van der Waals surface area contributed by atoms with E-state index < -0.39 is 0 Å². The molecular weight excluding hydrogens is 234 g/mol. The average Bonchev–Trinajstić information content (AvgIpc) is 2.83. The van der Waals surface area contributed by atoms with Crippen LogP contribution in [0.1, 0.15) is 25.5 Å². The van der Waals surface area contributed by atoms with Gasteiger partial charge in [0.05, 0.1) is 12.8 Å². The Morgan fingerprint density at radius 1 is 1.35 bits per heavy atom. The lowest BCUT2D eigenvalue weighted by Crippen LogP contribution is -2.05. The Balaban J connectivity index is 2.01. The molecule has 0 bridgehead atoms. The molecule has 1 heterocycles. The minimum Gasteiger partial charge on any atom is -0.494 e. The maximum atomic E-state index is 5.41. The quantitative estimate of drug-likeness (QED) is 0.884. The van der Waals surface area contributed by atoms with Gasteiger partial charge in [-0.05, 0) is 31.5 Å². The van der Waals surface area contributed by atoms with Crippen LogP contribution in [0.4, 0.5) is 5.00 Å². The number of rotatable bonds is 5. The van der Waals surface area contributed by atoms with Gasteiger partial charge in [-0.25, -0.2) is 0 Å². The van der Waals surface area contributed by atoms with E-state index in [2.05, 4.69) is 34.0 Å². The first-order valence-corrected chi connectivity index (χ1v) is 6.33. The van der Waals surface area contributed by atoms with Crippen LogP contribution in [0.25, 0.3) is 0 Å². The van der Waals surface area contributed by atoms with Gasteiger partial charge < -0.3 is 10.1 Å². The number of nitrogens with zero attached hydrogens (tertiary/aromatic N) is 2. The third-order valence-corrected chi connectivity index (χ3v) is 3.01. The lowest BCUT2D eigenvalue weighted by Gasteiger charge is -2.13. The Hall–Kier alpha value is -1.62. The minimum atomic E-state index is 0.230. The first kappa shape index (κ1) is 11.9. The summed E-state index contributed by atoms with van der Waals surface area (Å²) in [5, 5.41) is 8.11. The van der Waals surface area contributed by atoms with E-state index in [1.165, 1.54) is 17.1 Å². The largest absolute Gasteiger partial charge is 0.494 e. The average molecular weight is 249 g/mol. The normalized spacial score (nSPS) is 12.1. The molecule has 1 atom stereocenters. The van der Waals surface area contributed by atoms with Crippen LogP contribution in [0.15, 0.2) is 30.5 Å². The van der Waals surface area contributed by atoms with Crippen LogP contribution < -0.4 is 10.1 Å². The van der Waals surface area contributed by atoms with Gasteiger partial charge in [0, 0.05) is 17.6 Å². The molecule has 1 N–H and O–H groups in total. The van der Waals surface area contributed by atoms with Crippen LogP contribution in [0, 0.1) is 0 Å². The molecule has 0 aliphatic heterocycles. The molecule has 2 rings (SSSR count). The zero-order chi connectivity index (χ0) is 12.1. The predicted molar refractivity (Wildman–Crippen MR) is 69.6 cm³/mol. The van der Waals surface area contributed by atoms with E-state index >= 15 is 0 Å². The zero-order valence-electron chi connectivity index (χ0n) is 9.88. The summed E-state index contributed by atoms with van der Waals surface area (Å²) in [6, 6.07) is 8.34. The van der Waals surface area contributed by atoms with E-state index in [0.717, 1.165) is 10.8 Å². The molecular formula is C12H15N3OS. The van der Waals surface area contributed by atoms with Crippen molar-refractivity contribution in [1.29, 1.82) is 0 Å². The molecule has 2 aromatic rings. The number of hydrogen-bond donors (Lipinski definition) is 1. The van der Waals surface area contributed by atoms with Crippen molar-refractivity contribution < 1.29 is 4.74 Å². The van der Waals surface area contributed by atoms with Gasteiger partial charge in [0.25, 0.3) is 0 Å². The summed E-state index contributed by atoms with van der Waals surface area (Å²) in [6.45, 7) is 4.78. The van der Waals surface area contributed by atoms with Crippen LogP contribution >= 0.6 is 11.5 Å². The summed E-state index contributed by atoms with van der Waals surface area (Å²) in [4.78, 5) is 0. The van der Waals surface area contributed by atoms with Crippen molar-refractivity contribution in [3.63, 3.8) is 0 Å². The molecule has 1 aromatic carbocycles. The third-order valence-electron chi connectivity index (χ3n) is 2.41. The van der Waals surface area contributed by atoms with Gasteiger partial charge >= 0.3 is 0 Å². The summed E-state index contributed by atoms with van der Waals surface area (Å²) in [5.74, 6) is 0.905. The standard InChI is InChI=1S/C12H15N3OS/c1-3-16-11-6-4-10(5-7-11)9(2)14-12-8-13-15-17-12/h4-9,14H,3H2,1-2H3. The molecule has 0 aliphatic rings. The third kappa shape index (κ3) is 3.17. The van der Waals surface area contributed by atoms with Crippen molar-refractivity contribution >= 4 is 16.5 Å². The van der Waals surface area contributed by atoms with Gasteiger partial charge in [0.2, 0.25) is 0 Å². The number of ether oxygens (including phenoxy) is 1. The van der Waals surface area contributed by atoms with E-state index in [1.807, 2.05) is 19.1 Å². The number of hydrogen-bond acceptors (Lipinski definition) is 5. The van der Waals surface area contributed by atoms with Gasteiger partial charge in [0.1, 0.15) is 10.8 Å². The van der Waals surface area contributed by atoms with Crippen LogP contribution in [0.3, 0.4) is 0 Å². The van der Waals surface area contributed by atoms with Crippen molar-refractivity contribution in [2.45, 2.75) is 19.9 Å². The molecule has 1 aromatic heterocycles. The number of anilines is 1. The van der Waals surface area contributed by atoms with Gasteiger partial charge in [-0.1, -0.05) is 16.6 Å². The molecule has 0 radical (unpaired) electrons. The Labute approximate surface area is 105 Å². The van der Waals surface area contributed by atoms with Gasteiger partial charge in [-0.2, -0.15) is 0 Å². The highest BCUT2D eigenvalue weighted by atomic mass is 32.1. The van der Waals surface area contributed by atoms with E-state index in [1.54, 1.807) is 6.20 Å². The molecule has 0 aliphatic carbocycles. The number of nitrogens with one attached hydrogen (secondary N) is 1. The fourth-order valence-corrected chi connectivity index (χ4v) is 2.05. The van der Waals surface area contributed by atoms with Crippen LogP contribution in [-0.2, 0) is 0 Å². The van der Waals surface area contributed by atoms with E-state index in [4.69, 9.17) is 4.74 Å². The lowest BCUT2D eigenvalue weighted by molar-refractivity contribution is 0.340. The molecule has 0 saturated heterocycles. The van der Waals surface area contributed by atoms with Crippen molar-refractivity contribution in [2.24, 2.45) is 0 Å². The molecule has 5 heteroatoms. The highest BCUT2D eigenvalue weighted by Gasteiger charge is 2.06. The number of benzene rings is 1. The highest BCUT2D eigenvalue weighted by Crippen LogP contribution is 2.22. The fraction of sp³-hybridized carbons (Fsp3) is 0.333. The molecule has 0 amide bonds. The second-order valence-electron chi connectivity index (χ2n) is 3.65. The maximum absolute atomic E-state index is 5.41. The maximum Gasteiger partial charge on any atom is 0.130 e. The van der Waals surface area contributed by atoms with Crippen molar-refractivity contribution in [2.75, 3.05) is 11.9 Å². The summed E-state index contributed by atoms with van der Waals surface area (Å²) >= 11 is 1.36. The van der Waals surface area contributed by atoms with Crippen molar-refractivity contribution in [3.8, 4) is 5.75 Å². The summed E-state index contributed by atoms with van der Waals surface area (Å²) in [7, 11) is 0. The van der Waals surface area contributed by atoms with Gasteiger partial charge in [-0.15, -0.1) is 5.10 Å². The number of aromatic nitrogens is 2. The Kier molecular flexibility index (Phi) is 3.93. The Morgan fingerprint density at radius 2 is 2.12 bits per heavy atom. The molecule has 17 heavy (non-hydrogen) atoms. The monoisotopic (exact) mass is 249 g/mol. The Morgan fingerprint density at radius 3 is 2.71 bits per heavy atom. The Bertz CT molecular complexity index is 441. The molecule has 4 nitrogen and oxygen atoms in total. The SMILES string of the molecule is CCOc1ccc(C(C)Nc2cnns2)cc1. The lowest BCUT2D eigenvalue weighted by atomic mass is 10.1. The first-order chi connectivity index (χ1) is 8.29. The zero-order valence-corrected chi connectivity index (χ0v) is 10.7. The smallest absolute Gasteiger partial charge is 0.130 e. The second kappa shape index (κ2) is 5.63. The van der Waals surface area contributed by atoms with Crippen molar-refractivity contribution in [3.05, 3.63) is 36.0 Å². The van der Waals surface area contributed by atoms with Gasteiger partial charge in [-0.3, -0.25) is 0 Å². The van der Waals surface area contributed by atoms with Crippen LogP contribution in [0.5, 0.6) is 5.75 Å². The minimum absolute atomic E-state index is 0.230. The topological polar surface area (TPSA) is 47.0 Å². The molecule has 0 spiro atoms. The summed E-state index contributed by atoms with van der Waals surface area (Å²) < 4.78 is 9.22. The first-order valence-electron chi connectivity index (χ1n) is 5.56. The molecule has 0 saturated carbocycles. The molecule has 90 valence electrons. The van der Waals surface area contributed by atoms with Crippen LogP contribution in [-0.4, -0.2) is 16.2 Å². The fourth-order valence-electron chi connectivity index (χ4n) is 1.55. The van der Waals surface area contributed by atoms with Crippen LogP contribution in [0.2, 0.25) is 0 Å². The second-order valence-corrected chi connectivity index (χ2v) is 4.44. The van der Waals surface area contributed by atoms with E-state index in [9.17, 15) is 0 Å². The van der Waals surface area contributed by atoms with E-state index in [0.29, 0.717) is 6.61 Å². The molecule has 0 fully saturated rings. The van der Waals surface area contributed by atoms with E-state index in [-0.39, 0.29) is 6.04 Å². The van der Waals surface area contributed by atoms with Crippen molar-refractivity contribution in [1.82, 2.24) is 9.59 Å².